The van der Waals surface area contributed by atoms with Crippen LogP contribution in [0.5, 0.6) is 0 Å². The summed E-state index contributed by atoms with van der Waals surface area (Å²) in [6, 6.07) is 0. The Morgan fingerprint density at radius 3 is 2.83 bits per heavy atom. The molecular weight excluding hydrogens is 148 g/mol. The molecule has 2 fully saturated rings. The maximum atomic E-state index is 10.5. The van der Waals surface area contributed by atoms with Crippen molar-refractivity contribution in [2.75, 3.05) is 0 Å². The summed E-state index contributed by atoms with van der Waals surface area (Å²) < 4.78 is 0. The van der Waals surface area contributed by atoms with E-state index in [0.29, 0.717) is 11.8 Å². The molecule has 1 heteroatoms. The second-order valence-corrected chi connectivity index (χ2v) is 4.62. The molecule has 0 aromatic heterocycles. The molecule has 1 nitrogen and oxygen atoms in total. The van der Waals surface area contributed by atoms with Crippen LogP contribution in [0.15, 0.2) is 0 Å². The summed E-state index contributed by atoms with van der Waals surface area (Å²) in [6.07, 6.45) is 8.70. The summed E-state index contributed by atoms with van der Waals surface area (Å²) in [6.45, 7) is 2.22. The van der Waals surface area contributed by atoms with Gasteiger partial charge in [-0.3, -0.25) is 0 Å². The van der Waals surface area contributed by atoms with E-state index in [1.165, 1.54) is 38.5 Å². The Bertz CT molecular complexity index is 158. The van der Waals surface area contributed by atoms with Crippen molar-refractivity contribution in [3.05, 3.63) is 0 Å². The lowest BCUT2D eigenvalue weighted by molar-refractivity contribution is -0.0631. The topological polar surface area (TPSA) is 20.2 Å². The summed E-state index contributed by atoms with van der Waals surface area (Å²) >= 11 is 0. The molecular formula is C11H20O. The van der Waals surface area contributed by atoms with Crippen molar-refractivity contribution in [2.45, 2.75) is 57.5 Å². The van der Waals surface area contributed by atoms with E-state index >= 15 is 0 Å². The molecule has 3 atom stereocenters. The smallest absolute Gasteiger partial charge is 0.0703 e. The Hall–Kier alpha value is -0.0400. The first kappa shape index (κ1) is 8.55. The molecule has 0 amide bonds. The molecule has 0 saturated heterocycles. The molecule has 0 aromatic carbocycles. The Labute approximate surface area is 75.2 Å². The summed E-state index contributed by atoms with van der Waals surface area (Å²) in [5, 5.41) is 10.5. The Balaban J connectivity index is 2.13. The van der Waals surface area contributed by atoms with Gasteiger partial charge >= 0.3 is 0 Å². The highest BCUT2D eigenvalue weighted by molar-refractivity contribution is 4.99. The predicted molar refractivity (Wildman–Crippen MR) is 49.9 cm³/mol. The second kappa shape index (κ2) is 3.02. The van der Waals surface area contributed by atoms with Gasteiger partial charge in [-0.25, -0.2) is 0 Å². The quantitative estimate of drug-likeness (QED) is 0.638. The lowest BCUT2D eigenvalue weighted by Crippen LogP contribution is -2.41. The monoisotopic (exact) mass is 168 g/mol. The van der Waals surface area contributed by atoms with Crippen LogP contribution in [-0.2, 0) is 0 Å². The van der Waals surface area contributed by atoms with Gasteiger partial charge in [0.05, 0.1) is 5.60 Å². The lowest BCUT2D eigenvalue weighted by Gasteiger charge is -2.38. The van der Waals surface area contributed by atoms with Gasteiger partial charge in [0.25, 0.3) is 0 Å². The Kier molecular flexibility index (Phi) is 2.16. The zero-order valence-electron chi connectivity index (χ0n) is 8.05. The van der Waals surface area contributed by atoms with Gasteiger partial charge in [0, 0.05) is 0 Å². The third kappa shape index (κ3) is 1.10. The number of hydrogen-bond acceptors (Lipinski definition) is 1. The SMILES string of the molecule is CC[C@@H]1CC[C@@H]2CCCC[C@@]21O. The summed E-state index contributed by atoms with van der Waals surface area (Å²) in [7, 11) is 0. The van der Waals surface area contributed by atoms with E-state index < -0.39 is 0 Å². The van der Waals surface area contributed by atoms with Gasteiger partial charge in [0.1, 0.15) is 0 Å². The minimum absolute atomic E-state index is 0.243. The number of hydrogen-bond donors (Lipinski definition) is 1. The molecule has 1 N–H and O–H groups in total. The fraction of sp³-hybridized carbons (Fsp3) is 1.00. The Morgan fingerprint density at radius 2 is 2.08 bits per heavy atom. The average molecular weight is 168 g/mol. The fourth-order valence-corrected chi connectivity index (χ4v) is 3.39. The standard InChI is InChI=1S/C11H20O/c1-2-9-6-7-10-5-3-4-8-11(9,10)12/h9-10,12H,2-8H2,1H3/t9-,10+,11+/m1/s1. The van der Waals surface area contributed by atoms with Crippen molar-refractivity contribution in [1.82, 2.24) is 0 Å². The van der Waals surface area contributed by atoms with E-state index in [-0.39, 0.29) is 5.60 Å². The van der Waals surface area contributed by atoms with E-state index in [2.05, 4.69) is 6.92 Å². The first-order valence-electron chi connectivity index (χ1n) is 5.49. The summed E-state index contributed by atoms with van der Waals surface area (Å²) in [5.74, 6) is 1.26. The maximum Gasteiger partial charge on any atom is 0.0703 e. The highest BCUT2D eigenvalue weighted by atomic mass is 16.3. The van der Waals surface area contributed by atoms with Crippen molar-refractivity contribution in [3.63, 3.8) is 0 Å². The van der Waals surface area contributed by atoms with E-state index in [1.54, 1.807) is 0 Å². The molecule has 0 aromatic rings. The molecule has 2 aliphatic rings. The number of rotatable bonds is 1. The van der Waals surface area contributed by atoms with Crippen molar-refractivity contribution < 1.29 is 5.11 Å². The summed E-state index contributed by atoms with van der Waals surface area (Å²) in [5.41, 5.74) is -0.243. The van der Waals surface area contributed by atoms with Crippen LogP contribution in [0.3, 0.4) is 0 Å². The molecule has 2 aliphatic carbocycles. The van der Waals surface area contributed by atoms with E-state index in [9.17, 15) is 5.11 Å². The molecule has 12 heavy (non-hydrogen) atoms. The zero-order valence-corrected chi connectivity index (χ0v) is 8.05. The molecule has 0 unspecified atom stereocenters. The molecule has 0 heterocycles. The Morgan fingerprint density at radius 1 is 1.25 bits per heavy atom. The van der Waals surface area contributed by atoms with Crippen LogP contribution in [-0.4, -0.2) is 10.7 Å². The lowest BCUT2D eigenvalue weighted by atomic mass is 9.73. The van der Waals surface area contributed by atoms with Crippen LogP contribution in [0.25, 0.3) is 0 Å². The van der Waals surface area contributed by atoms with Gasteiger partial charge in [-0.15, -0.1) is 0 Å². The normalized spacial score (nSPS) is 47.5. The molecule has 70 valence electrons. The van der Waals surface area contributed by atoms with Gasteiger partial charge in [-0.1, -0.05) is 26.2 Å². The molecule has 2 saturated carbocycles. The van der Waals surface area contributed by atoms with Crippen LogP contribution in [0.1, 0.15) is 51.9 Å². The fourth-order valence-electron chi connectivity index (χ4n) is 3.39. The molecule has 0 spiro atoms. The van der Waals surface area contributed by atoms with E-state index in [4.69, 9.17) is 0 Å². The van der Waals surface area contributed by atoms with E-state index in [0.717, 1.165) is 6.42 Å². The van der Waals surface area contributed by atoms with Gasteiger partial charge in [-0.2, -0.15) is 0 Å². The largest absolute Gasteiger partial charge is 0.389 e. The second-order valence-electron chi connectivity index (χ2n) is 4.62. The van der Waals surface area contributed by atoms with E-state index in [1.807, 2.05) is 0 Å². The zero-order chi connectivity index (χ0) is 8.60. The van der Waals surface area contributed by atoms with Gasteiger partial charge in [-0.05, 0) is 37.5 Å². The van der Waals surface area contributed by atoms with Crippen molar-refractivity contribution >= 4 is 0 Å². The third-order valence-electron chi connectivity index (χ3n) is 4.15. The average Bonchev–Trinajstić information content (AvgIpc) is 2.41. The van der Waals surface area contributed by atoms with Crippen LogP contribution in [0.2, 0.25) is 0 Å². The maximum absolute atomic E-state index is 10.5. The van der Waals surface area contributed by atoms with Gasteiger partial charge < -0.3 is 5.11 Å². The predicted octanol–water partition coefficient (Wildman–Crippen LogP) is 2.73. The summed E-state index contributed by atoms with van der Waals surface area (Å²) in [4.78, 5) is 0. The van der Waals surface area contributed by atoms with Gasteiger partial charge in [0.2, 0.25) is 0 Å². The highest BCUT2D eigenvalue weighted by Gasteiger charge is 2.48. The van der Waals surface area contributed by atoms with Crippen molar-refractivity contribution in [3.8, 4) is 0 Å². The number of fused-ring (bicyclic) bond motifs is 1. The molecule has 0 bridgehead atoms. The van der Waals surface area contributed by atoms with Crippen molar-refractivity contribution in [1.29, 1.82) is 0 Å². The molecule has 0 aliphatic heterocycles. The van der Waals surface area contributed by atoms with Crippen LogP contribution >= 0.6 is 0 Å². The van der Waals surface area contributed by atoms with Crippen LogP contribution < -0.4 is 0 Å². The third-order valence-corrected chi connectivity index (χ3v) is 4.15. The van der Waals surface area contributed by atoms with Gasteiger partial charge in [0.15, 0.2) is 0 Å². The van der Waals surface area contributed by atoms with Crippen LogP contribution in [0, 0.1) is 11.8 Å². The molecule has 2 rings (SSSR count). The number of aliphatic hydroxyl groups is 1. The first-order valence-corrected chi connectivity index (χ1v) is 5.49. The van der Waals surface area contributed by atoms with Crippen molar-refractivity contribution in [2.24, 2.45) is 11.8 Å². The minimum Gasteiger partial charge on any atom is -0.389 e. The highest BCUT2D eigenvalue weighted by Crippen LogP contribution is 2.50. The first-order chi connectivity index (χ1) is 5.77. The molecule has 0 radical (unpaired) electrons. The minimum atomic E-state index is -0.243. The van der Waals surface area contributed by atoms with Crippen LogP contribution in [0.4, 0.5) is 0 Å².